The Hall–Kier alpha value is -2.11. The molecule has 1 unspecified atom stereocenters. The molecule has 0 radical (unpaired) electrons. The first-order valence-corrected chi connectivity index (χ1v) is 13.9. The molecule has 0 aromatic heterocycles. The zero-order chi connectivity index (χ0) is 25.0. The van der Waals surface area contributed by atoms with Crippen molar-refractivity contribution in [2.75, 3.05) is 0 Å². The van der Waals surface area contributed by atoms with Crippen LogP contribution in [-0.2, 0) is 30.7 Å². The van der Waals surface area contributed by atoms with Crippen molar-refractivity contribution in [2.24, 2.45) is 11.3 Å². The van der Waals surface area contributed by atoms with Gasteiger partial charge in [-0.15, -0.1) is 5.56 Å². The fourth-order valence-electron chi connectivity index (χ4n) is 4.20. The van der Waals surface area contributed by atoms with Crippen molar-refractivity contribution >= 4 is 4.21 Å². The zero-order valence-corrected chi connectivity index (χ0v) is 24.9. The molecule has 0 spiro atoms. The molecule has 0 fully saturated rings. The largest absolute Gasteiger partial charge is 0.358 e. The molecule has 0 saturated carbocycles. The summed E-state index contributed by atoms with van der Waals surface area (Å²) < 4.78 is 3.34. The Bertz CT molecular complexity index is 997. The van der Waals surface area contributed by atoms with Gasteiger partial charge in [0.1, 0.15) is 0 Å². The van der Waals surface area contributed by atoms with Crippen LogP contribution in [0.25, 0.3) is 11.1 Å². The molecule has 0 heterocycles. The summed E-state index contributed by atoms with van der Waals surface area (Å²) >= 11 is 1.30. The fourth-order valence-corrected chi connectivity index (χ4v) is 4.20. The number of hydrogen-bond acceptors (Lipinski definition) is 0. The van der Waals surface area contributed by atoms with Gasteiger partial charge in [0.2, 0.25) is 0 Å². The summed E-state index contributed by atoms with van der Waals surface area (Å²) in [4.78, 5) is 0. The Morgan fingerprint density at radius 1 is 0.886 bits per heavy atom. The molecule has 0 N–H and O–H groups in total. The first-order chi connectivity index (χ1) is 16.4. The van der Waals surface area contributed by atoms with Gasteiger partial charge in [-0.1, -0.05) is 94.2 Å². The van der Waals surface area contributed by atoms with Crippen molar-refractivity contribution in [1.82, 2.24) is 0 Å². The summed E-state index contributed by atoms with van der Waals surface area (Å²) in [6.07, 6.45) is 9.33. The van der Waals surface area contributed by atoms with Crippen molar-refractivity contribution in [3.8, 4) is 11.1 Å². The van der Waals surface area contributed by atoms with Gasteiger partial charge >= 0.3 is 28.4 Å². The summed E-state index contributed by atoms with van der Waals surface area (Å²) in [5.41, 5.74) is 8.76. The molecule has 3 aromatic carbocycles. The van der Waals surface area contributed by atoms with Crippen molar-refractivity contribution < 1.29 is 24.2 Å². The third kappa shape index (κ3) is 9.12. The second-order valence-corrected chi connectivity index (χ2v) is 9.30. The van der Waals surface area contributed by atoms with Crippen LogP contribution < -0.4 is 0 Å². The van der Waals surface area contributed by atoms with E-state index in [0.717, 1.165) is 12.8 Å². The number of benzene rings is 3. The molecule has 3 aromatic rings. The predicted molar refractivity (Wildman–Crippen MR) is 151 cm³/mol. The normalized spacial score (nSPS) is 14.6. The van der Waals surface area contributed by atoms with Gasteiger partial charge < -0.3 is 7.43 Å². The van der Waals surface area contributed by atoms with E-state index >= 15 is 0 Å². The zero-order valence-electron chi connectivity index (χ0n) is 22.4. The van der Waals surface area contributed by atoms with E-state index in [4.69, 9.17) is 0 Å². The van der Waals surface area contributed by atoms with Crippen LogP contribution in [0.4, 0.5) is 0 Å². The van der Waals surface area contributed by atoms with Gasteiger partial charge in [-0.25, -0.2) is 5.57 Å². The van der Waals surface area contributed by atoms with Crippen LogP contribution in [0.1, 0.15) is 58.6 Å². The molecule has 0 nitrogen and oxygen atoms in total. The number of allylic oxidation sites excluding steroid dienone is 4. The van der Waals surface area contributed by atoms with Crippen LogP contribution in [0, 0.1) is 37.0 Å². The number of fused-ring (bicyclic) bond motifs is 3. The van der Waals surface area contributed by atoms with Crippen LogP contribution in [-0.4, -0.2) is 4.21 Å². The molecule has 35 heavy (non-hydrogen) atoms. The Morgan fingerprint density at radius 2 is 1.54 bits per heavy atom. The van der Waals surface area contributed by atoms with E-state index < -0.39 is 0 Å². The Balaban J connectivity index is 0.000000264. The monoisotopic (exact) mass is 538 g/mol. The molecule has 0 aliphatic heterocycles. The standard InChI is InChI=1S/C13H9.C13H21.C6H5.CH3.CH2.Zr/c1-3-7-12-10(5-1)9-11-6-2-4-8-13(11)12;1-6-10-8-11(7-2)12(9-10)13(3,4)5;1-2-4-6-5-3-1;;;/h1-5,7-8H,9H2;9-10H,6-7H2,1-5H3;1-5H;1H3;1H2;/q4*-1;;. The molecule has 0 bridgehead atoms. The summed E-state index contributed by atoms with van der Waals surface area (Å²) in [6, 6.07) is 30.6. The van der Waals surface area contributed by atoms with Gasteiger partial charge in [-0.2, -0.15) is 77.9 Å². The van der Waals surface area contributed by atoms with Crippen molar-refractivity contribution in [2.45, 2.75) is 53.9 Å². The van der Waals surface area contributed by atoms with Crippen LogP contribution in [0.15, 0.2) is 90.0 Å². The van der Waals surface area contributed by atoms with E-state index in [1.165, 1.54) is 64.1 Å². The molecule has 2 aliphatic rings. The average Bonchev–Trinajstić information content (AvgIpc) is 3.49. The van der Waals surface area contributed by atoms with Crippen molar-refractivity contribution in [3.63, 3.8) is 0 Å². The Labute approximate surface area is 230 Å². The van der Waals surface area contributed by atoms with E-state index in [-0.39, 0.29) is 7.43 Å². The van der Waals surface area contributed by atoms with E-state index in [1.54, 1.807) is 0 Å². The second kappa shape index (κ2) is 15.8. The average molecular weight is 540 g/mol. The van der Waals surface area contributed by atoms with Crippen LogP contribution in [0.5, 0.6) is 0 Å². The smallest absolute Gasteiger partial charge is 0.0253 e. The van der Waals surface area contributed by atoms with E-state index in [0.29, 0.717) is 11.3 Å². The van der Waals surface area contributed by atoms with Gasteiger partial charge in [0.05, 0.1) is 0 Å². The maximum absolute atomic E-state index is 3.57. The van der Waals surface area contributed by atoms with E-state index in [2.05, 4.69) is 99.5 Å². The molecule has 2 aliphatic carbocycles. The first kappa shape index (κ1) is 30.9. The van der Waals surface area contributed by atoms with E-state index in [1.807, 2.05) is 36.4 Å². The maximum Gasteiger partial charge on any atom is -0.0253 e. The van der Waals surface area contributed by atoms with Gasteiger partial charge in [0.15, 0.2) is 0 Å². The van der Waals surface area contributed by atoms with Crippen LogP contribution >= 0.6 is 0 Å². The Morgan fingerprint density at radius 3 is 2.06 bits per heavy atom. The SMILES string of the molecule is CCC1=[C-]C(CC)C=C1C(C)(C)C.[CH2]=[Zr].[CH3-].[c-]1cccc2c1Cc1ccccc1-2.[c-]1ccccc1. The molecule has 0 amide bonds. The van der Waals surface area contributed by atoms with Gasteiger partial charge in [-0.3, -0.25) is 6.08 Å². The number of hydrogen-bond donors (Lipinski definition) is 0. The minimum absolute atomic E-state index is 0. The molecule has 1 atom stereocenters. The first-order valence-electron chi connectivity index (χ1n) is 12.1. The minimum Gasteiger partial charge on any atom is -0.358 e. The predicted octanol–water partition coefficient (Wildman–Crippen LogP) is 9.10. The molecular weight excluding hydrogens is 500 g/mol. The van der Waals surface area contributed by atoms with E-state index in [9.17, 15) is 0 Å². The quantitative estimate of drug-likeness (QED) is 0.223. The van der Waals surface area contributed by atoms with Gasteiger partial charge in [-0.05, 0) is 6.42 Å². The maximum atomic E-state index is 3.57. The third-order valence-corrected chi connectivity index (χ3v) is 5.88. The molecule has 5 rings (SSSR count). The summed E-state index contributed by atoms with van der Waals surface area (Å²) in [7, 11) is 0. The van der Waals surface area contributed by atoms with Gasteiger partial charge in [0.25, 0.3) is 0 Å². The Kier molecular flexibility index (Phi) is 14.0. The van der Waals surface area contributed by atoms with Crippen LogP contribution in [0.3, 0.4) is 0 Å². The summed E-state index contributed by atoms with van der Waals surface area (Å²) in [5.74, 6) is 0.573. The second-order valence-electron chi connectivity index (χ2n) is 9.30. The minimum atomic E-state index is 0. The molecule has 184 valence electrons. The fraction of sp³-hybridized carbons (Fsp3) is 0.294. The summed E-state index contributed by atoms with van der Waals surface area (Å²) in [5, 5.41) is 0. The molecule has 1 heteroatoms. The topological polar surface area (TPSA) is 0 Å². The molecule has 0 saturated heterocycles. The third-order valence-electron chi connectivity index (χ3n) is 5.88. The van der Waals surface area contributed by atoms with Crippen LogP contribution in [0.2, 0.25) is 0 Å². The van der Waals surface area contributed by atoms with Crippen molar-refractivity contribution in [1.29, 1.82) is 0 Å². The molecular formula is C34H40Zr-4. The summed E-state index contributed by atoms with van der Waals surface area (Å²) in [6.45, 7) is 11.3. The van der Waals surface area contributed by atoms with Gasteiger partial charge in [0, 0.05) is 0 Å². The number of rotatable bonds is 2. The van der Waals surface area contributed by atoms with Crippen molar-refractivity contribution in [3.05, 3.63) is 127 Å².